The number of aromatic nitrogens is 6. The van der Waals surface area contributed by atoms with E-state index in [9.17, 15) is 8.42 Å². The van der Waals surface area contributed by atoms with Crippen molar-refractivity contribution in [2.24, 2.45) is 7.05 Å². The van der Waals surface area contributed by atoms with Crippen LogP contribution in [-0.4, -0.2) is 70.4 Å². The highest BCUT2D eigenvalue weighted by molar-refractivity contribution is 7.90. The smallest absolute Gasteiger partial charge is 0.192 e. The SMILES string of the molecule is Cc1cc(S(C)(=O)=O)ncc1-c1cc(N2CCOCC2C)nc2c(-c3cc[nH]n3)nn(C)c12. The molecule has 5 heterocycles. The molecule has 0 spiro atoms. The second kappa shape index (κ2) is 7.92. The maximum absolute atomic E-state index is 12.0. The van der Waals surface area contributed by atoms with Crippen molar-refractivity contribution in [2.75, 3.05) is 30.9 Å². The van der Waals surface area contributed by atoms with Gasteiger partial charge in [0.15, 0.2) is 14.9 Å². The Morgan fingerprint density at radius 3 is 2.73 bits per heavy atom. The molecule has 10 nitrogen and oxygen atoms in total. The van der Waals surface area contributed by atoms with Gasteiger partial charge < -0.3 is 9.64 Å². The van der Waals surface area contributed by atoms with E-state index in [1.54, 1.807) is 23.1 Å². The Balaban J connectivity index is 1.79. The molecule has 1 aliphatic heterocycles. The second-order valence-corrected chi connectivity index (χ2v) is 10.3. The highest BCUT2D eigenvalue weighted by Gasteiger charge is 2.26. The topological polar surface area (TPSA) is 119 Å². The van der Waals surface area contributed by atoms with Crippen molar-refractivity contribution >= 4 is 26.7 Å². The predicted molar refractivity (Wildman–Crippen MR) is 125 cm³/mol. The summed E-state index contributed by atoms with van der Waals surface area (Å²) in [6.45, 7) is 5.97. The Morgan fingerprint density at radius 1 is 1.24 bits per heavy atom. The summed E-state index contributed by atoms with van der Waals surface area (Å²) in [5.41, 5.74) is 5.45. The van der Waals surface area contributed by atoms with Crippen molar-refractivity contribution in [2.45, 2.75) is 24.9 Å². The van der Waals surface area contributed by atoms with E-state index in [4.69, 9.17) is 14.8 Å². The van der Waals surface area contributed by atoms with Gasteiger partial charge in [0.2, 0.25) is 0 Å². The van der Waals surface area contributed by atoms with Crippen molar-refractivity contribution in [3.63, 3.8) is 0 Å². The Kier molecular flexibility index (Phi) is 5.17. The fourth-order valence-corrected chi connectivity index (χ4v) is 4.90. The van der Waals surface area contributed by atoms with E-state index in [1.807, 2.05) is 26.1 Å². The number of nitrogens with zero attached hydrogens (tertiary/aromatic N) is 6. The molecule has 0 amide bonds. The number of fused-ring (bicyclic) bond motifs is 1. The number of sulfone groups is 1. The first-order valence-corrected chi connectivity index (χ1v) is 12.5. The molecule has 0 bridgehead atoms. The average Bonchev–Trinajstić information content (AvgIpc) is 3.41. The maximum atomic E-state index is 12.0. The van der Waals surface area contributed by atoms with Gasteiger partial charge in [0, 0.05) is 43.4 Å². The van der Waals surface area contributed by atoms with Crippen LogP contribution in [-0.2, 0) is 21.6 Å². The monoisotopic (exact) mass is 467 g/mol. The number of aromatic amines is 1. The highest BCUT2D eigenvalue weighted by atomic mass is 32.2. The minimum atomic E-state index is -3.41. The normalized spacial score (nSPS) is 17.1. The molecule has 0 aromatic carbocycles. The number of hydrogen-bond acceptors (Lipinski definition) is 8. The molecule has 33 heavy (non-hydrogen) atoms. The van der Waals surface area contributed by atoms with E-state index >= 15 is 0 Å². The van der Waals surface area contributed by atoms with Crippen LogP contribution in [0.1, 0.15) is 12.5 Å². The molecule has 4 aromatic heterocycles. The molecule has 4 aromatic rings. The summed E-state index contributed by atoms with van der Waals surface area (Å²) in [5, 5.41) is 11.9. The van der Waals surface area contributed by atoms with Crippen LogP contribution in [0.4, 0.5) is 5.82 Å². The van der Waals surface area contributed by atoms with Gasteiger partial charge >= 0.3 is 0 Å². The number of anilines is 1. The third kappa shape index (κ3) is 3.76. The Bertz CT molecular complexity index is 1440. The first-order chi connectivity index (χ1) is 15.7. The van der Waals surface area contributed by atoms with Crippen molar-refractivity contribution in [1.82, 2.24) is 29.9 Å². The predicted octanol–water partition coefficient (Wildman–Crippen LogP) is 2.36. The van der Waals surface area contributed by atoms with Gasteiger partial charge in [-0.25, -0.2) is 18.4 Å². The zero-order valence-corrected chi connectivity index (χ0v) is 19.7. The van der Waals surface area contributed by atoms with Crippen molar-refractivity contribution in [3.05, 3.63) is 36.2 Å². The largest absolute Gasteiger partial charge is 0.377 e. The lowest BCUT2D eigenvalue weighted by Crippen LogP contribution is -2.44. The summed E-state index contributed by atoms with van der Waals surface area (Å²) in [6.07, 6.45) is 4.53. The average molecular weight is 468 g/mol. The fraction of sp³-hybridized carbons (Fsp3) is 0.364. The number of morpholine rings is 1. The van der Waals surface area contributed by atoms with Crippen molar-refractivity contribution in [3.8, 4) is 22.5 Å². The molecule has 1 N–H and O–H groups in total. The van der Waals surface area contributed by atoms with Gasteiger partial charge in [0.05, 0.1) is 24.8 Å². The van der Waals surface area contributed by atoms with Crippen LogP contribution >= 0.6 is 0 Å². The zero-order chi connectivity index (χ0) is 23.3. The lowest BCUT2D eigenvalue weighted by molar-refractivity contribution is 0.0986. The number of aryl methyl sites for hydroxylation is 2. The van der Waals surface area contributed by atoms with E-state index < -0.39 is 9.84 Å². The third-order valence-corrected chi connectivity index (χ3v) is 6.92. The standard InChI is InChI=1S/C22H25N7O3S/c1-13-9-19(33(4,30)31)23-11-16(13)15-10-18(29-7-8-32-12-14(29)2)25-21-20(17-5-6-24-26-17)27-28(3)22(15)21/h5-6,9-11,14H,7-8,12H2,1-4H3,(H,24,26). The minimum absolute atomic E-state index is 0.0540. The van der Waals surface area contributed by atoms with Crippen molar-refractivity contribution in [1.29, 1.82) is 0 Å². The molecular weight excluding hydrogens is 442 g/mol. The molecular formula is C22H25N7O3S. The molecule has 0 radical (unpaired) electrons. The van der Waals surface area contributed by atoms with Crippen LogP contribution in [0, 0.1) is 6.92 Å². The summed E-state index contributed by atoms with van der Waals surface area (Å²) < 4.78 is 31.4. The molecule has 1 unspecified atom stereocenters. The number of rotatable bonds is 4. The third-order valence-electron chi connectivity index (χ3n) is 5.94. The van der Waals surface area contributed by atoms with E-state index in [0.717, 1.165) is 46.3 Å². The summed E-state index contributed by atoms with van der Waals surface area (Å²) >= 11 is 0. The molecule has 0 saturated carbocycles. The van der Waals surface area contributed by atoms with Crippen LogP contribution in [0.15, 0.2) is 35.6 Å². The summed E-state index contributed by atoms with van der Waals surface area (Å²) in [7, 11) is -1.54. The molecule has 11 heteroatoms. The summed E-state index contributed by atoms with van der Waals surface area (Å²) in [5.74, 6) is 0.810. The summed E-state index contributed by atoms with van der Waals surface area (Å²) in [6, 6.07) is 5.67. The minimum Gasteiger partial charge on any atom is -0.377 e. The first-order valence-electron chi connectivity index (χ1n) is 10.6. The van der Waals surface area contributed by atoms with E-state index in [1.165, 1.54) is 0 Å². The fourth-order valence-electron chi connectivity index (χ4n) is 4.26. The second-order valence-electron chi connectivity index (χ2n) is 8.38. The van der Waals surface area contributed by atoms with E-state index in [0.29, 0.717) is 24.6 Å². The molecule has 1 saturated heterocycles. The van der Waals surface area contributed by atoms with Gasteiger partial charge in [-0.3, -0.25) is 9.78 Å². The number of ether oxygens (including phenoxy) is 1. The van der Waals surface area contributed by atoms with Crippen LogP contribution in [0.2, 0.25) is 0 Å². The molecule has 172 valence electrons. The van der Waals surface area contributed by atoms with Crippen LogP contribution in [0.25, 0.3) is 33.5 Å². The van der Waals surface area contributed by atoms with Gasteiger partial charge in [-0.05, 0) is 37.6 Å². The molecule has 1 aliphatic rings. The number of hydrogen-bond donors (Lipinski definition) is 1. The Labute approximate surface area is 191 Å². The number of nitrogens with one attached hydrogen (secondary N) is 1. The van der Waals surface area contributed by atoms with Crippen molar-refractivity contribution < 1.29 is 13.2 Å². The Morgan fingerprint density at radius 2 is 2.06 bits per heavy atom. The highest BCUT2D eigenvalue weighted by Crippen LogP contribution is 2.37. The van der Waals surface area contributed by atoms with E-state index in [-0.39, 0.29) is 11.1 Å². The zero-order valence-electron chi connectivity index (χ0n) is 18.9. The lowest BCUT2D eigenvalue weighted by Gasteiger charge is -2.34. The number of pyridine rings is 2. The van der Waals surface area contributed by atoms with Gasteiger partial charge in [-0.15, -0.1) is 0 Å². The van der Waals surface area contributed by atoms with Gasteiger partial charge in [-0.2, -0.15) is 10.2 Å². The van der Waals surface area contributed by atoms with E-state index in [2.05, 4.69) is 27.0 Å². The van der Waals surface area contributed by atoms with Crippen LogP contribution in [0.5, 0.6) is 0 Å². The molecule has 1 fully saturated rings. The quantitative estimate of drug-likeness (QED) is 0.486. The summed E-state index contributed by atoms with van der Waals surface area (Å²) in [4.78, 5) is 11.5. The number of H-pyrrole nitrogens is 1. The Hall–Kier alpha value is -3.31. The molecule has 0 aliphatic carbocycles. The van der Waals surface area contributed by atoms with Gasteiger partial charge in [-0.1, -0.05) is 0 Å². The molecule has 1 atom stereocenters. The maximum Gasteiger partial charge on any atom is 0.192 e. The lowest BCUT2D eigenvalue weighted by atomic mass is 10.0. The van der Waals surface area contributed by atoms with Gasteiger partial charge in [0.1, 0.15) is 22.7 Å². The first kappa shape index (κ1) is 21.5. The van der Waals surface area contributed by atoms with Gasteiger partial charge in [0.25, 0.3) is 0 Å². The molecule has 5 rings (SSSR count). The van der Waals surface area contributed by atoms with Crippen LogP contribution in [0.3, 0.4) is 0 Å². The van der Waals surface area contributed by atoms with Crippen LogP contribution < -0.4 is 4.90 Å².